The van der Waals surface area contributed by atoms with Gasteiger partial charge in [-0.25, -0.2) is 9.50 Å². The van der Waals surface area contributed by atoms with Gasteiger partial charge in [-0.1, -0.05) is 54.1 Å². The second-order valence-corrected chi connectivity index (χ2v) is 8.04. The standard InChI is InChI=1S/C24H20ClN5/c25-20-8-4-3-7-19(20)23-17-5-1-2-6-18(17)24-27-21-10-9-16(15-22(21)30(24)28-23)29-13-11-26-12-14-29/h1-10,15,26H,11-14H2. The molecule has 2 aromatic heterocycles. The Morgan fingerprint density at radius 2 is 1.63 bits per heavy atom. The zero-order valence-corrected chi connectivity index (χ0v) is 17.1. The van der Waals surface area contributed by atoms with Gasteiger partial charge in [0.05, 0.1) is 16.1 Å². The van der Waals surface area contributed by atoms with Crippen molar-refractivity contribution in [3.8, 4) is 11.3 Å². The third-order valence-corrected chi connectivity index (χ3v) is 6.18. The predicted molar refractivity (Wildman–Crippen MR) is 124 cm³/mol. The summed E-state index contributed by atoms with van der Waals surface area (Å²) >= 11 is 6.55. The number of fused-ring (bicyclic) bond motifs is 5. The van der Waals surface area contributed by atoms with Crippen LogP contribution in [0.3, 0.4) is 0 Å². The molecule has 0 bridgehead atoms. The first-order valence-corrected chi connectivity index (χ1v) is 10.6. The van der Waals surface area contributed by atoms with Crippen LogP contribution in [0.5, 0.6) is 0 Å². The van der Waals surface area contributed by atoms with Crippen LogP contribution in [-0.2, 0) is 0 Å². The third-order valence-electron chi connectivity index (χ3n) is 5.85. The van der Waals surface area contributed by atoms with Crippen LogP contribution in [0.25, 0.3) is 38.7 Å². The highest BCUT2D eigenvalue weighted by atomic mass is 35.5. The largest absolute Gasteiger partial charge is 0.369 e. The number of anilines is 1. The number of imidazole rings is 1. The summed E-state index contributed by atoms with van der Waals surface area (Å²) in [6.07, 6.45) is 0. The van der Waals surface area contributed by atoms with Crippen LogP contribution in [0.1, 0.15) is 0 Å². The van der Waals surface area contributed by atoms with Crippen molar-refractivity contribution >= 4 is 44.7 Å². The number of nitrogens with one attached hydrogen (secondary N) is 1. The van der Waals surface area contributed by atoms with Crippen LogP contribution >= 0.6 is 11.6 Å². The first kappa shape index (κ1) is 17.7. The molecule has 148 valence electrons. The van der Waals surface area contributed by atoms with E-state index in [2.05, 4.69) is 40.5 Å². The van der Waals surface area contributed by atoms with Crippen molar-refractivity contribution in [2.45, 2.75) is 0 Å². The maximum atomic E-state index is 6.55. The summed E-state index contributed by atoms with van der Waals surface area (Å²) in [7, 11) is 0. The zero-order valence-electron chi connectivity index (χ0n) is 16.3. The van der Waals surface area contributed by atoms with Crippen molar-refractivity contribution in [3.63, 3.8) is 0 Å². The molecule has 1 aliphatic rings. The van der Waals surface area contributed by atoms with Crippen molar-refractivity contribution in [1.29, 1.82) is 0 Å². The van der Waals surface area contributed by atoms with Crippen molar-refractivity contribution in [2.24, 2.45) is 0 Å². The molecule has 1 aliphatic heterocycles. The Bertz CT molecular complexity index is 1400. The quantitative estimate of drug-likeness (QED) is 0.453. The Morgan fingerprint density at radius 1 is 0.867 bits per heavy atom. The van der Waals surface area contributed by atoms with Gasteiger partial charge < -0.3 is 10.2 Å². The van der Waals surface area contributed by atoms with E-state index in [-0.39, 0.29) is 0 Å². The zero-order chi connectivity index (χ0) is 20.1. The Kier molecular flexibility index (Phi) is 4.11. The van der Waals surface area contributed by atoms with Crippen molar-refractivity contribution < 1.29 is 0 Å². The number of rotatable bonds is 2. The molecule has 5 nitrogen and oxygen atoms in total. The molecule has 0 radical (unpaired) electrons. The maximum absolute atomic E-state index is 6.55. The lowest BCUT2D eigenvalue weighted by molar-refractivity contribution is 0.589. The summed E-state index contributed by atoms with van der Waals surface area (Å²) in [5.41, 5.74) is 5.84. The number of aromatic nitrogens is 3. The maximum Gasteiger partial charge on any atom is 0.162 e. The first-order chi connectivity index (χ1) is 14.8. The minimum absolute atomic E-state index is 0.695. The third kappa shape index (κ3) is 2.74. The second kappa shape index (κ2) is 6.97. The molecule has 6 rings (SSSR count). The Hall–Kier alpha value is -3.15. The topological polar surface area (TPSA) is 45.5 Å². The van der Waals surface area contributed by atoms with Crippen LogP contribution in [0, 0.1) is 0 Å². The molecule has 30 heavy (non-hydrogen) atoms. The number of hydrogen-bond acceptors (Lipinski definition) is 4. The van der Waals surface area contributed by atoms with Gasteiger partial charge >= 0.3 is 0 Å². The van der Waals surface area contributed by atoms with Gasteiger partial charge in [0, 0.05) is 48.2 Å². The summed E-state index contributed by atoms with van der Waals surface area (Å²) in [6.45, 7) is 4.02. The smallest absolute Gasteiger partial charge is 0.162 e. The molecular formula is C24H20ClN5. The molecule has 0 spiro atoms. The predicted octanol–water partition coefficient (Wildman–Crippen LogP) is 4.77. The average Bonchev–Trinajstić information content (AvgIpc) is 3.18. The van der Waals surface area contributed by atoms with Crippen LogP contribution in [0.4, 0.5) is 5.69 Å². The minimum atomic E-state index is 0.695. The summed E-state index contributed by atoms with van der Waals surface area (Å²) in [5.74, 6) is 0. The number of halogens is 1. The van der Waals surface area contributed by atoms with E-state index >= 15 is 0 Å². The fourth-order valence-electron chi connectivity index (χ4n) is 4.34. The Labute approximate surface area is 178 Å². The first-order valence-electron chi connectivity index (χ1n) is 10.2. The molecule has 3 heterocycles. The molecule has 6 heteroatoms. The molecule has 5 aromatic rings. The van der Waals surface area contributed by atoms with E-state index in [1.807, 2.05) is 40.9 Å². The lowest BCUT2D eigenvalue weighted by Gasteiger charge is -2.29. The van der Waals surface area contributed by atoms with Gasteiger partial charge in [0.25, 0.3) is 0 Å². The van der Waals surface area contributed by atoms with Crippen LogP contribution in [-0.4, -0.2) is 40.8 Å². The molecular weight excluding hydrogens is 394 g/mol. The lowest BCUT2D eigenvalue weighted by Crippen LogP contribution is -2.43. The van der Waals surface area contributed by atoms with Crippen molar-refractivity contribution in [1.82, 2.24) is 19.9 Å². The van der Waals surface area contributed by atoms with Crippen molar-refractivity contribution in [2.75, 3.05) is 31.1 Å². The van der Waals surface area contributed by atoms with Crippen LogP contribution in [0.15, 0.2) is 66.7 Å². The van der Waals surface area contributed by atoms with Gasteiger partial charge in [0.1, 0.15) is 5.69 Å². The highest BCUT2D eigenvalue weighted by molar-refractivity contribution is 6.33. The lowest BCUT2D eigenvalue weighted by atomic mass is 10.0. The van der Waals surface area contributed by atoms with E-state index in [4.69, 9.17) is 21.7 Å². The number of hydrogen-bond donors (Lipinski definition) is 1. The van der Waals surface area contributed by atoms with Crippen molar-refractivity contribution in [3.05, 3.63) is 71.8 Å². The molecule has 1 fully saturated rings. The normalized spacial score (nSPS) is 14.8. The molecule has 0 unspecified atom stereocenters. The molecule has 3 aromatic carbocycles. The Morgan fingerprint density at radius 3 is 2.47 bits per heavy atom. The monoisotopic (exact) mass is 413 g/mol. The second-order valence-electron chi connectivity index (χ2n) is 7.63. The molecule has 0 amide bonds. The average molecular weight is 414 g/mol. The van der Waals surface area contributed by atoms with Crippen LogP contribution in [0.2, 0.25) is 5.02 Å². The van der Waals surface area contributed by atoms with Crippen LogP contribution < -0.4 is 10.2 Å². The molecule has 0 saturated carbocycles. The van der Waals surface area contributed by atoms with Gasteiger partial charge in [-0.3, -0.25) is 0 Å². The summed E-state index contributed by atoms with van der Waals surface area (Å²) in [5, 5.41) is 11.3. The van der Waals surface area contributed by atoms with Gasteiger partial charge in [0.2, 0.25) is 0 Å². The molecule has 1 N–H and O–H groups in total. The van der Waals surface area contributed by atoms with E-state index in [0.717, 1.165) is 64.9 Å². The molecule has 1 saturated heterocycles. The van der Waals surface area contributed by atoms with E-state index in [0.29, 0.717) is 5.02 Å². The summed E-state index contributed by atoms with van der Waals surface area (Å²) in [6, 6.07) is 22.6. The fourth-order valence-corrected chi connectivity index (χ4v) is 4.56. The Balaban J connectivity index is 1.66. The minimum Gasteiger partial charge on any atom is -0.369 e. The van der Waals surface area contributed by atoms with E-state index in [1.165, 1.54) is 5.69 Å². The number of piperazine rings is 1. The summed E-state index contributed by atoms with van der Waals surface area (Å²) in [4.78, 5) is 7.33. The highest BCUT2D eigenvalue weighted by Crippen LogP contribution is 2.34. The fraction of sp³-hybridized carbons (Fsp3) is 0.167. The summed E-state index contributed by atoms with van der Waals surface area (Å²) < 4.78 is 1.97. The van der Waals surface area contributed by atoms with Gasteiger partial charge in [-0.2, -0.15) is 5.10 Å². The van der Waals surface area contributed by atoms with E-state index in [9.17, 15) is 0 Å². The van der Waals surface area contributed by atoms with Gasteiger partial charge in [-0.05, 0) is 24.3 Å². The van der Waals surface area contributed by atoms with E-state index < -0.39 is 0 Å². The number of nitrogens with zero attached hydrogens (tertiary/aromatic N) is 4. The highest BCUT2D eigenvalue weighted by Gasteiger charge is 2.17. The molecule has 0 atom stereocenters. The SMILES string of the molecule is Clc1ccccc1-c1nn2c3cc(N4CCNCC4)ccc3nc2c2ccccc12. The van der Waals surface area contributed by atoms with Gasteiger partial charge in [-0.15, -0.1) is 0 Å². The van der Waals surface area contributed by atoms with Gasteiger partial charge in [0.15, 0.2) is 5.65 Å². The number of benzene rings is 3. The molecule has 0 aliphatic carbocycles. The van der Waals surface area contributed by atoms with E-state index in [1.54, 1.807) is 0 Å².